The highest BCUT2D eigenvalue weighted by Gasteiger charge is 2.25. The molecule has 1 N–H and O–H groups in total. The maximum atomic E-state index is 10.8. The fraction of sp³-hybridized carbons (Fsp3) is 0.625. The number of rotatable bonds is 2. The van der Waals surface area contributed by atoms with Crippen LogP contribution in [-0.4, -0.2) is 22.6 Å². The van der Waals surface area contributed by atoms with Gasteiger partial charge in [-0.05, 0) is 30.3 Å². The molecule has 0 unspecified atom stereocenters. The third kappa shape index (κ3) is 3.08. The van der Waals surface area contributed by atoms with Crippen LogP contribution in [0.1, 0.15) is 12.8 Å². The summed E-state index contributed by atoms with van der Waals surface area (Å²) in [5.74, 6) is 1.02. The van der Waals surface area contributed by atoms with Gasteiger partial charge in [-0.1, -0.05) is 23.2 Å². The van der Waals surface area contributed by atoms with Crippen molar-refractivity contribution >= 4 is 40.9 Å². The van der Waals surface area contributed by atoms with Crippen LogP contribution in [0.5, 0.6) is 0 Å². The van der Waals surface area contributed by atoms with Gasteiger partial charge in [-0.2, -0.15) is 11.8 Å². The maximum absolute atomic E-state index is 10.8. The van der Waals surface area contributed by atoms with Gasteiger partial charge in [0.2, 0.25) is 0 Å². The predicted molar refractivity (Wildman–Crippen MR) is 56.4 cm³/mol. The normalized spacial score (nSPS) is 18.3. The first-order valence-electron chi connectivity index (χ1n) is 3.99. The lowest BCUT2D eigenvalue weighted by atomic mass is 9.94. The van der Waals surface area contributed by atoms with Gasteiger partial charge in [-0.15, -0.1) is 0 Å². The summed E-state index contributed by atoms with van der Waals surface area (Å²) in [6.45, 7) is 0. The van der Waals surface area contributed by atoms with Crippen LogP contribution in [0.15, 0.2) is 10.1 Å². The minimum absolute atomic E-state index is 0.0312. The Morgan fingerprint density at radius 1 is 1.31 bits per heavy atom. The second-order valence-corrected chi connectivity index (χ2v) is 5.04. The molecule has 13 heavy (non-hydrogen) atoms. The number of hydrogen-bond acceptors (Lipinski definition) is 2. The van der Waals surface area contributed by atoms with Crippen LogP contribution >= 0.6 is 35.0 Å². The lowest BCUT2D eigenvalue weighted by Gasteiger charge is -2.21. The lowest BCUT2D eigenvalue weighted by molar-refractivity contribution is -0.133. The Balaban J connectivity index is 2.75. The zero-order valence-electron chi connectivity index (χ0n) is 6.93. The Bertz CT molecular complexity index is 230. The van der Waals surface area contributed by atoms with Gasteiger partial charge in [0.1, 0.15) is 4.49 Å². The Kier molecular flexibility index (Phi) is 4.42. The minimum Gasteiger partial charge on any atom is -0.478 e. The fourth-order valence-corrected chi connectivity index (χ4v) is 2.97. The van der Waals surface area contributed by atoms with E-state index in [0.29, 0.717) is 0 Å². The molecule has 0 aliphatic carbocycles. The number of aliphatic carboxylic acids is 1. The summed E-state index contributed by atoms with van der Waals surface area (Å²) in [4.78, 5) is 10.8. The second-order valence-electron chi connectivity index (χ2n) is 2.87. The lowest BCUT2D eigenvalue weighted by Crippen LogP contribution is -2.18. The smallest absolute Gasteiger partial charge is 0.334 e. The van der Waals surface area contributed by atoms with E-state index in [1.165, 1.54) is 0 Å². The molecule has 1 aliphatic heterocycles. The van der Waals surface area contributed by atoms with Crippen molar-refractivity contribution in [2.75, 3.05) is 11.5 Å². The molecule has 0 amide bonds. The molecule has 0 aromatic rings. The molecule has 0 radical (unpaired) electrons. The third-order valence-corrected chi connectivity index (χ3v) is 3.52. The van der Waals surface area contributed by atoms with Gasteiger partial charge in [-0.25, -0.2) is 4.79 Å². The Hall–Kier alpha value is 0.140. The van der Waals surface area contributed by atoms with Crippen molar-refractivity contribution in [3.63, 3.8) is 0 Å². The molecule has 0 aromatic carbocycles. The molecule has 1 fully saturated rings. The van der Waals surface area contributed by atoms with Crippen LogP contribution in [0.3, 0.4) is 0 Å². The molecule has 1 heterocycles. The molecule has 0 atom stereocenters. The Labute approximate surface area is 91.3 Å². The molecule has 2 nitrogen and oxygen atoms in total. The van der Waals surface area contributed by atoms with Crippen molar-refractivity contribution in [2.24, 2.45) is 5.92 Å². The zero-order chi connectivity index (χ0) is 9.84. The van der Waals surface area contributed by atoms with Gasteiger partial charge < -0.3 is 5.11 Å². The zero-order valence-corrected chi connectivity index (χ0v) is 9.25. The first-order valence-corrected chi connectivity index (χ1v) is 5.90. The number of hydrogen-bond donors (Lipinski definition) is 1. The number of halogens is 2. The summed E-state index contributed by atoms with van der Waals surface area (Å²) in [5.41, 5.74) is 0.184. The summed E-state index contributed by atoms with van der Waals surface area (Å²) < 4.78 is -0.0931. The van der Waals surface area contributed by atoms with Crippen LogP contribution in [-0.2, 0) is 4.79 Å². The summed E-state index contributed by atoms with van der Waals surface area (Å²) in [6, 6.07) is 0. The molecule has 0 aromatic heterocycles. The van der Waals surface area contributed by atoms with E-state index in [4.69, 9.17) is 28.3 Å². The van der Waals surface area contributed by atoms with E-state index in [2.05, 4.69) is 0 Å². The molecular formula is C8H10Cl2O2S. The summed E-state index contributed by atoms with van der Waals surface area (Å²) in [5, 5.41) is 8.86. The molecular weight excluding hydrogens is 231 g/mol. The maximum Gasteiger partial charge on any atom is 0.334 e. The van der Waals surface area contributed by atoms with E-state index in [1.54, 1.807) is 0 Å². The topological polar surface area (TPSA) is 37.3 Å². The molecule has 5 heteroatoms. The summed E-state index contributed by atoms with van der Waals surface area (Å²) in [6.07, 6.45) is 1.71. The van der Waals surface area contributed by atoms with Crippen LogP contribution in [0, 0.1) is 5.92 Å². The highest BCUT2D eigenvalue weighted by atomic mass is 35.5. The monoisotopic (exact) mass is 240 g/mol. The largest absolute Gasteiger partial charge is 0.478 e. The SMILES string of the molecule is O=C(O)C(=C(Cl)Cl)C1CCSCC1. The molecule has 0 spiro atoms. The number of thioether (sulfide) groups is 1. The van der Waals surface area contributed by atoms with E-state index < -0.39 is 5.97 Å². The summed E-state index contributed by atoms with van der Waals surface area (Å²) >= 11 is 12.9. The van der Waals surface area contributed by atoms with Crippen LogP contribution in [0.4, 0.5) is 0 Å². The van der Waals surface area contributed by atoms with Gasteiger partial charge in [0, 0.05) is 0 Å². The Morgan fingerprint density at radius 3 is 2.23 bits per heavy atom. The fourth-order valence-electron chi connectivity index (χ4n) is 1.40. The summed E-state index contributed by atoms with van der Waals surface area (Å²) in [7, 11) is 0. The van der Waals surface area contributed by atoms with Crippen molar-refractivity contribution in [2.45, 2.75) is 12.8 Å². The minimum atomic E-state index is -0.989. The van der Waals surface area contributed by atoms with E-state index >= 15 is 0 Å². The van der Waals surface area contributed by atoms with Crippen LogP contribution < -0.4 is 0 Å². The van der Waals surface area contributed by atoms with Crippen LogP contribution in [0.2, 0.25) is 0 Å². The highest BCUT2D eigenvalue weighted by molar-refractivity contribution is 7.99. The van der Waals surface area contributed by atoms with E-state index in [9.17, 15) is 4.79 Å². The van der Waals surface area contributed by atoms with E-state index in [0.717, 1.165) is 24.3 Å². The molecule has 1 saturated heterocycles. The average Bonchev–Trinajstić information content (AvgIpc) is 2.04. The molecule has 1 rings (SSSR count). The first kappa shape index (κ1) is 11.2. The van der Waals surface area contributed by atoms with Gasteiger partial charge >= 0.3 is 5.97 Å². The third-order valence-electron chi connectivity index (χ3n) is 2.06. The number of carboxylic acid groups (broad SMARTS) is 1. The van der Waals surface area contributed by atoms with Crippen LogP contribution in [0.25, 0.3) is 0 Å². The van der Waals surface area contributed by atoms with Gasteiger partial charge in [0.05, 0.1) is 5.57 Å². The van der Waals surface area contributed by atoms with Crippen molar-refractivity contribution in [3.8, 4) is 0 Å². The molecule has 1 aliphatic rings. The second kappa shape index (κ2) is 5.13. The van der Waals surface area contributed by atoms with Gasteiger partial charge in [-0.3, -0.25) is 0 Å². The molecule has 74 valence electrons. The number of carboxylic acids is 1. The standard InChI is InChI=1S/C8H10Cl2O2S/c9-7(10)6(8(11)12)5-1-3-13-4-2-5/h5H,1-4H2,(H,11,12). The van der Waals surface area contributed by atoms with Crippen molar-refractivity contribution in [3.05, 3.63) is 10.1 Å². The predicted octanol–water partition coefficient (Wildman–Crippen LogP) is 2.90. The van der Waals surface area contributed by atoms with E-state index in [-0.39, 0.29) is 16.0 Å². The Morgan fingerprint density at radius 2 is 1.85 bits per heavy atom. The first-order chi connectivity index (χ1) is 6.13. The van der Waals surface area contributed by atoms with Crippen molar-refractivity contribution < 1.29 is 9.90 Å². The van der Waals surface area contributed by atoms with Gasteiger partial charge in [0.15, 0.2) is 0 Å². The molecule has 0 saturated carbocycles. The van der Waals surface area contributed by atoms with Crippen molar-refractivity contribution in [1.82, 2.24) is 0 Å². The van der Waals surface area contributed by atoms with E-state index in [1.807, 2.05) is 11.8 Å². The van der Waals surface area contributed by atoms with Gasteiger partial charge in [0.25, 0.3) is 0 Å². The average molecular weight is 241 g/mol. The van der Waals surface area contributed by atoms with Crippen molar-refractivity contribution in [1.29, 1.82) is 0 Å². The molecule has 0 bridgehead atoms. The number of carbonyl (C=O) groups is 1. The highest BCUT2D eigenvalue weighted by Crippen LogP contribution is 2.32. The quantitative estimate of drug-likeness (QED) is 0.755.